The molecule has 0 heterocycles. The monoisotopic (exact) mass is 318 g/mol. The van der Waals surface area contributed by atoms with E-state index in [1.807, 2.05) is 0 Å². The van der Waals surface area contributed by atoms with Gasteiger partial charge in [-0.1, -0.05) is 11.6 Å². The van der Waals surface area contributed by atoms with E-state index >= 15 is 0 Å². The van der Waals surface area contributed by atoms with Gasteiger partial charge >= 0.3 is 0 Å². The third kappa shape index (κ3) is 3.99. The molecular formula is C16H15ClN2O3. The smallest absolute Gasteiger partial charge is 0.259 e. The van der Waals surface area contributed by atoms with Crippen LogP contribution in [0.15, 0.2) is 42.5 Å². The largest absolute Gasteiger partial charge is 0.496 e. The van der Waals surface area contributed by atoms with Crippen LogP contribution < -0.4 is 15.4 Å². The molecule has 0 saturated carbocycles. The lowest BCUT2D eigenvalue weighted by Crippen LogP contribution is -2.14. The van der Waals surface area contributed by atoms with Crippen molar-refractivity contribution in [3.8, 4) is 5.75 Å². The number of halogens is 1. The lowest BCUT2D eigenvalue weighted by Gasteiger charge is -2.11. The molecule has 0 spiro atoms. The van der Waals surface area contributed by atoms with Crippen LogP contribution in [0.3, 0.4) is 0 Å². The number of carbonyl (C=O) groups excluding carboxylic acids is 2. The van der Waals surface area contributed by atoms with Gasteiger partial charge in [-0.15, -0.1) is 0 Å². The molecule has 0 radical (unpaired) electrons. The zero-order valence-electron chi connectivity index (χ0n) is 12.1. The van der Waals surface area contributed by atoms with Crippen LogP contribution in [0, 0.1) is 0 Å². The van der Waals surface area contributed by atoms with Crippen LogP contribution in [-0.4, -0.2) is 18.9 Å². The number of methoxy groups -OCH3 is 1. The molecule has 0 fully saturated rings. The molecule has 0 saturated heterocycles. The number of hydrogen-bond acceptors (Lipinski definition) is 3. The number of carbonyl (C=O) groups is 2. The molecule has 2 aromatic carbocycles. The third-order valence-corrected chi connectivity index (χ3v) is 3.12. The van der Waals surface area contributed by atoms with E-state index < -0.39 is 0 Å². The number of ether oxygens (including phenoxy) is 1. The van der Waals surface area contributed by atoms with Crippen molar-refractivity contribution in [3.05, 3.63) is 53.1 Å². The van der Waals surface area contributed by atoms with E-state index in [9.17, 15) is 9.59 Å². The molecule has 2 N–H and O–H groups in total. The highest BCUT2D eigenvalue weighted by molar-refractivity contribution is 6.30. The molecule has 0 unspecified atom stereocenters. The lowest BCUT2D eigenvalue weighted by atomic mass is 10.1. The van der Waals surface area contributed by atoms with Crippen LogP contribution in [0.25, 0.3) is 0 Å². The van der Waals surface area contributed by atoms with Gasteiger partial charge in [-0.3, -0.25) is 9.59 Å². The summed E-state index contributed by atoms with van der Waals surface area (Å²) in [7, 11) is 1.48. The summed E-state index contributed by atoms with van der Waals surface area (Å²) in [4.78, 5) is 23.5. The molecular weight excluding hydrogens is 304 g/mol. The Morgan fingerprint density at radius 3 is 2.23 bits per heavy atom. The fraction of sp³-hybridized carbons (Fsp3) is 0.125. The van der Waals surface area contributed by atoms with Crippen molar-refractivity contribution in [2.24, 2.45) is 0 Å². The van der Waals surface area contributed by atoms with Gasteiger partial charge in [-0.2, -0.15) is 0 Å². The second kappa shape index (κ2) is 6.95. The minimum Gasteiger partial charge on any atom is -0.496 e. The van der Waals surface area contributed by atoms with E-state index in [0.29, 0.717) is 27.7 Å². The number of rotatable bonds is 4. The number of benzene rings is 2. The molecule has 0 aliphatic carbocycles. The van der Waals surface area contributed by atoms with Crippen molar-refractivity contribution >= 4 is 34.8 Å². The quantitative estimate of drug-likeness (QED) is 0.905. The first kappa shape index (κ1) is 15.9. The zero-order chi connectivity index (χ0) is 16.1. The Bertz CT molecular complexity index is 699. The standard InChI is InChI=1S/C16H15ClN2O3/c1-10(20)18-13-7-8-15(22-2)14(9-13)16(21)19-12-5-3-11(17)4-6-12/h3-9H,1-2H3,(H,18,20)(H,19,21). The van der Waals surface area contributed by atoms with Gasteiger partial charge in [0.05, 0.1) is 12.7 Å². The van der Waals surface area contributed by atoms with Gasteiger partial charge in [0.2, 0.25) is 5.91 Å². The van der Waals surface area contributed by atoms with E-state index in [0.717, 1.165) is 0 Å². The van der Waals surface area contributed by atoms with Crippen molar-refractivity contribution in [2.75, 3.05) is 17.7 Å². The Kier molecular flexibility index (Phi) is 5.01. The maximum Gasteiger partial charge on any atom is 0.259 e. The van der Waals surface area contributed by atoms with E-state index in [1.165, 1.54) is 14.0 Å². The van der Waals surface area contributed by atoms with Crippen molar-refractivity contribution in [1.29, 1.82) is 0 Å². The Morgan fingerprint density at radius 1 is 1.00 bits per heavy atom. The predicted octanol–water partition coefficient (Wildman–Crippen LogP) is 3.56. The van der Waals surface area contributed by atoms with Gasteiger partial charge < -0.3 is 15.4 Å². The summed E-state index contributed by atoms with van der Waals surface area (Å²) in [6, 6.07) is 11.6. The molecule has 6 heteroatoms. The Labute approximate surface area is 133 Å². The number of amides is 2. The van der Waals surface area contributed by atoms with Crippen molar-refractivity contribution < 1.29 is 14.3 Å². The van der Waals surface area contributed by atoms with Crippen LogP contribution in [0.2, 0.25) is 5.02 Å². The Morgan fingerprint density at radius 2 is 1.64 bits per heavy atom. The summed E-state index contributed by atoms with van der Waals surface area (Å²) < 4.78 is 5.19. The fourth-order valence-corrected chi connectivity index (χ4v) is 2.02. The normalized spacial score (nSPS) is 9.95. The van der Waals surface area contributed by atoms with Gasteiger partial charge in [0.15, 0.2) is 0 Å². The summed E-state index contributed by atoms with van der Waals surface area (Å²) in [6.07, 6.45) is 0. The summed E-state index contributed by atoms with van der Waals surface area (Å²) in [6.45, 7) is 1.40. The summed E-state index contributed by atoms with van der Waals surface area (Å²) in [5, 5.41) is 5.97. The molecule has 0 bridgehead atoms. The molecule has 2 aromatic rings. The van der Waals surface area contributed by atoms with Crippen molar-refractivity contribution in [1.82, 2.24) is 0 Å². The SMILES string of the molecule is COc1ccc(NC(C)=O)cc1C(=O)Nc1ccc(Cl)cc1. The van der Waals surface area contributed by atoms with Gasteiger partial charge in [0, 0.05) is 23.3 Å². The number of nitrogens with one attached hydrogen (secondary N) is 2. The molecule has 5 nitrogen and oxygen atoms in total. The minimum atomic E-state index is -0.341. The van der Waals surface area contributed by atoms with E-state index in [1.54, 1.807) is 42.5 Å². The van der Waals surface area contributed by atoms with E-state index in [-0.39, 0.29) is 11.8 Å². The van der Waals surface area contributed by atoms with Crippen LogP contribution >= 0.6 is 11.6 Å². The molecule has 0 aromatic heterocycles. The molecule has 2 rings (SSSR count). The summed E-state index contributed by atoms with van der Waals surface area (Å²) >= 11 is 5.81. The topological polar surface area (TPSA) is 67.4 Å². The van der Waals surface area contributed by atoms with E-state index in [4.69, 9.17) is 16.3 Å². The first-order valence-electron chi connectivity index (χ1n) is 6.52. The minimum absolute atomic E-state index is 0.214. The Balaban J connectivity index is 2.26. The summed E-state index contributed by atoms with van der Waals surface area (Å²) in [5.74, 6) is -0.138. The maximum absolute atomic E-state index is 12.4. The second-order valence-corrected chi connectivity index (χ2v) is 4.99. The van der Waals surface area contributed by atoms with Crippen LogP contribution in [0.5, 0.6) is 5.75 Å². The molecule has 22 heavy (non-hydrogen) atoms. The van der Waals surface area contributed by atoms with E-state index in [2.05, 4.69) is 10.6 Å². The average Bonchev–Trinajstić information content (AvgIpc) is 2.49. The highest BCUT2D eigenvalue weighted by Gasteiger charge is 2.14. The first-order chi connectivity index (χ1) is 10.5. The molecule has 0 aliphatic rings. The maximum atomic E-state index is 12.4. The summed E-state index contributed by atoms with van der Waals surface area (Å²) in [5.41, 5.74) is 1.46. The molecule has 2 amide bonds. The number of anilines is 2. The predicted molar refractivity (Wildman–Crippen MR) is 86.7 cm³/mol. The van der Waals surface area contributed by atoms with Crippen LogP contribution in [-0.2, 0) is 4.79 Å². The number of hydrogen-bond donors (Lipinski definition) is 2. The van der Waals surface area contributed by atoms with Crippen LogP contribution in [0.4, 0.5) is 11.4 Å². The first-order valence-corrected chi connectivity index (χ1v) is 6.90. The Hall–Kier alpha value is -2.53. The van der Waals surface area contributed by atoms with Crippen molar-refractivity contribution in [3.63, 3.8) is 0 Å². The van der Waals surface area contributed by atoms with Crippen LogP contribution in [0.1, 0.15) is 17.3 Å². The molecule has 114 valence electrons. The van der Waals surface area contributed by atoms with Gasteiger partial charge in [-0.05, 0) is 42.5 Å². The van der Waals surface area contributed by atoms with Gasteiger partial charge in [-0.25, -0.2) is 0 Å². The lowest BCUT2D eigenvalue weighted by molar-refractivity contribution is -0.114. The average molecular weight is 319 g/mol. The van der Waals surface area contributed by atoms with Gasteiger partial charge in [0.1, 0.15) is 5.75 Å². The second-order valence-electron chi connectivity index (χ2n) is 4.56. The van der Waals surface area contributed by atoms with Crippen molar-refractivity contribution in [2.45, 2.75) is 6.92 Å². The third-order valence-electron chi connectivity index (χ3n) is 2.87. The molecule has 0 aliphatic heterocycles. The zero-order valence-corrected chi connectivity index (χ0v) is 12.9. The van der Waals surface area contributed by atoms with Gasteiger partial charge in [0.25, 0.3) is 5.91 Å². The highest BCUT2D eigenvalue weighted by Crippen LogP contribution is 2.24. The molecule has 0 atom stereocenters. The fourth-order valence-electron chi connectivity index (χ4n) is 1.90. The highest BCUT2D eigenvalue weighted by atomic mass is 35.5.